The standard InChI is InChI=1S/C10H7NO2/c12-6-8-1-2-10-9(5-8)3-4-11(10)7-13/h1-7H. The van der Waals surface area contributed by atoms with Crippen molar-refractivity contribution >= 4 is 23.6 Å². The fraction of sp³-hybridized carbons (Fsp3) is 0. The topological polar surface area (TPSA) is 39.1 Å². The summed E-state index contributed by atoms with van der Waals surface area (Å²) >= 11 is 0. The van der Waals surface area contributed by atoms with E-state index in [9.17, 15) is 9.59 Å². The van der Waals surface area contributed by atoms with Crippen LogP contribution in [-0.2, 0) is 4.79 Å². The van der Waals surface area contributed by atoms with Crippen molar-refractivity contribution in [2.75, 3.05) is 0 Å². The van der Waals surface area contributed by atoms with Gasteiger partial charge in [0.05, 0.1) is 5.52 Å². The van der Waals surface area contributed by atoms with Crippen LogP contribution < -0.4 is 0 Å². The average Bonchev–Trinajstić information content (AvgIpc) is 2.59. The van der Waals surface area contributed by atoms with E-state index in [1.165, 1.54) is 4.57 Å². The van der Waals surface area contributed by atoms with Crippen LogP contribution in [0.1, 0.15) is 10.4 Å². The summed E-state index contributed by atoms with van der Waals surface area (Å²) < 4.78 is 1.48. The summed E-state index contributed by atoms with van der Waals surface area (Å²) in [5.41, 5.74) is 1.44. The van der Waals surface area contributed by atoms with Gasteiger partial charge in [-0.1, -0.05) is 0 Å². The number of benzene rings is 1. The van der Waals surface area contributed by atoms with Crippen LogP contribution in [0.3, 0.4) is 0 Å². The van der Waals surface area contributed by atoms with E-state index in [0.29, 0.717) is 5.56 Å². The van der Waals surface area contributed by atoms with E-state index in [0.717, 1.165) is 23.6 Å². The molecule has 0 aliphatic rings. The number of fused-ring (bicyclic) bond motifs is 1. The van der Waals surface area contributed by atoms with Gasteiger partial charge in [-0.25, -0.2) is 0 Å². The van der Waals surface area contributed by atoms with Crippen molar-refractivity contribution < 1.29 is 9.59 Å². The highest BCUT2D eigenvalue weighted by Crippen LogP contribution is 2.15. The molecule has 1 aromatic carbocycles. The molecular formula is C10H7NO2. The van der Waals surface area contributed by atoms with Gasteiger partial charge in [0.1, 0.15) is 6.29 Å². The number of hydrogen-bond donors (Lipinski definition) is 0. The van der Waals surface area contributed by atoms with E-state index in [4.69, 9.17) is 0 Å². The van der Waals surface area contributed by atoms with Gasteiger partial charge in [0.25, 0.3) is 0 Å². The Morgan fingerprint density at radius 2 is 2.00 bits per heavy atom. The molecule has 0 unspecified atom stereocenters. The lowest BCUT2D eigenvalue weighted by Gasteiger charge is -1.94. The molecule has 0 N–H and O–H groups in total. The van der Waals surface area contributed by atoms with Crippen molar-refractivity contribution in [3.05, 3.63) is 36.0 Å². The van der Waals surface area contributed by atoms with E-state index in [1.807, 2.05) is 0 Å². The molecule has 0 radical (unpaired) electrons. The zero-order chi connectivity index (χ0) is 9.26. The van der Waals surface area contributed by atoms with Gasteiger partial charge < -0.3 is 0 Å². The lowest BCUT2D eigenvalue weighted by atomic mass is 10.2. The van der Waals surface area contributed by atoms with Crippen LogP contribution in [0.5, 0.6) is 0 Å². The number of aldehydes is 1. The predicted molar refractivity (Wildman–Crippen MR) is 49.5 cm³/mol. The van der Waals surface area contributed by atoms with Crippen LogP contribution in [-0.4, -0.2) is 17.3 Å². The second kappa shape index (κ2) is 2.86. The largest absolute Gasteiger partial charge is 0.298 e. The Hall–Kier alpha value is -1.90. The van der Waals surface area contributed by atoms with Gasteiger partial charge in [-0.2, -0.15) is 0 Å². The van der Waals surface area contributed by atoms with Gasteiger partial charge in [0.15, 0.2) is 0 Å². The first-order valence-electron chi connectivity index (χ1n) is 3.86. The molecule has 13 heavy (non-hydrogen) atoms. The van der Waals surface area contributed by atoms with Crippen LogP contribution in [0.4, 0.5) is 0 Å². The number of carbonyl (C=O) groups is 2. The summed E-state index contributed by atoms with van der Waals surface area (Å²) in [5.74, 6) is 0. The third kappa shape index (κ3) is 1.14. The molecule has 0 spiro atoms. The van der Waals surface area contributed by atoms with Crippen molar-refractivity contribution in [3.63, 3.8) is 0 Å². The highest BCUT2D eigenvalue weighted by atomic mass is 16.1. The van der Waals surface area contributed by atoms with Gasteiger partial charge in [-0.05, 0) is 24.3 Å². The second-order valence-electron chi connectivity index (χ2n) is 2.76. The molecule has 0 fully saturated rings. The summed E-state index contributed by atoms with van der Waals surface area (Å²) in [4.78, 5) is 21.0. The Balaban J connectivity index is 2.74. The lowest BCUT2D eigenvalue weighted by Crippen LogP contribution is -1.90. The van der Waals surface area contributed by atoms with E-state index >= 15 is 0 Å². The zero-order valence-corrected chi connectivity index (χ0v) is 6.81. The van der Waals surface area contributed by atoms with Crippen molar-refractivity contribution in [2.24, 2.45) is 0 Å². The monoisotopic (exact) mass is 173 g/mol. The Labute approximate surface area is 74.6 Å². The molecule has 3 heteroatoms. The smallest absolute Gasteiger partial charge is 0.218 e. The third-order valence-corrected chi connectivity index (χ3v) is 1.99. The first-order chi connectivity index (χ1) is 6.35. The van der Waals surface area contributed by atoms with Gasteiger partial charge in [-0.15, -0.1) is 0 Å². The maximum atomic E-state index is 10.5. The van der Waals surface area contributed by atoms with Gasteiger partial charge in [0, 0.05) is 17.1 Å². The maximum Gasteiger partial charge on any atom is 0.218 e. The van der Waals surface area contributed by atoms with E-state index in [2.05, 4.69) is 0 Å². The molecule has 2 rings (SSSR count). The van der Waals surface area contributed by atoms with Crippen molar-refractivity contribution in [1.82, 2.24) is 4.57 Å². The zero-order valence-electron chi connectivity index (χ0n) is 6.81. The quantitative estimate of drug-likeness (QED) is 0.645. The molecule has 0 saturated heterocycles. The molecule has 64 valence electrons. The van der Waals surface area contributed by atoms with Crippen LogP contribution >= 0.6 is 0 Å². The van der Waals surface area contributed by atoms with Gasteiger partial charge in [0.2, 0.25) is 6.41 Å². The van der Waals surface area contributed by atoms with E-state index in [-0.39, 0.29) is 0 Å². The molecule has 0 bridgehead atoms. The van der Waals surface area contributed by atoms with Gasteiger partial charge >= 0.3 is 0 Å². The van der Waals surface area contributed by atoms with Crippen LogP contribution in [0.2, 0.25) is 0 Å². The highest BCUT2D eigenvalue weighted by Gasteiger charge is 1.99. The Kier molecular flexibility index (Phi) is 1.70. The number of rotatable bonds is 2. The molecule has 2 aromatic rings. The molecule has 1 heterocycles. The normalized spacial score (nSPS) is 10.2. The number of aromatic nitrogens is 1. The summed E-state index contributed by atoms with van der Waals surface area (Å²) in [6.07, 6.45) is 3.20. The van der Waals surface area contributed by atoms with E-state index < -0.39 is 0 Å². The summed E-state index contributed by atoms with van der Waals surface area (Å²) in [7, 11) is 0. The Bertz CT molecular complexity index is 471. The Morgan fingerprint density at radius 3 is 2.69 bits per heavy atom. The summed E-state index contributed by atoms with van der Waals surface area (Å²) in [6, 6.07) is 7.00. The molecular weight excluding hydrogens is 166 g/mol. The molecule has 0 atom stereocenters. The molecule has 0 amide bonds. The number of hydrogen-bond acceptors (Lipinski definition) is 2. The van der Waals surface area contributed by atoms with Crippen LogP contribution in [0, 0.1) is 0 Å². The molecule has 3 nitrogen and oxygen atoms in total. The minimum absolute atomic E-state index is 0.621. The van der Waals surface area contributed by atoms with Crippen LogP contribution in [0.25, 0.3) is 10.9 Å². The SMILES string of the molecule is O=Cc1ccc2c(ccn2C=O)c1. The molecule has 1 aromatic heterocycles. The molecule has 0 saturated carbocycles. The minimum atomic E-state index is 0.621. The molecule has 0 aliphatic heterocycles. The maximum absolute atomic E-state index is 10.5. The minimum Gasteiger partial charge on any atom is -0.298 e. The third-order valence-electron chi connectivity index (χ3n) is 1.99. The Morgan fingerprint density at radius 1 is 1.15 bits per heavy atom. The van der Waals surface area contributed by atoms with Crippen LogP contribution in [0.15, 0.2) is 30.5 Å². The van der Waals surface area contributed by atoms with Crippen molar-refractivity contribution in [2.45, 2.75) is 0 Å². The molecule has 0 aliphatic carbocycles. The van der Waals surface area contributed by atoms with Crippen molar-refractivity contribution in [1.29, 1.82) is 0 Å². The fourth-order valence-electron chi connectivity index (χ4n) is 1.35. The summed E-state index contributed by atoms with van der Waals surface area (Å²) in [5, 5.41) is 0.900. The predicted octanol–water partition coefficient (Wildman–Crippen LogP) is 1.49. The van der Waals surface area contributed by atoms with E-state index in [1.54, 1.807) is 30.5 Å². The van der Waals surface area contributed by atoms with Crippen molar-refractivity contribution in [3.8, 4) is 0 Å². The number of carbonyl (C=O) groups excluding carboxylic acids is 2. The number of nitrogens with zero attached hydrogens (tertiary/aromatic N) is 1. The fourth-order valence-corrected chi connectivity index (χ4v) is 1.35. The lowest BCUT2D eigenvalue weighted by molar-refractivity contribution is 0.112. The first-order valence-corrected chi connectivity index (χ1v) is 3.86. The average molecular weight is 173 g/mol. The van der Waals surface area contributed by atoms with Gasteiger partial charge in [-0.3, -0.25) is 14.2 Å². The summed E-state index contributed by atoms with van der Waals surface area (Å²) in [6.45, 7) is 0. The highest BCUT2D eigenvalue weighted by molar-refractivity contribution is 5.90. The first kappa shape index (κ1) is 7.73. The second-order valence-corrected chi connectivity index (χ2v) is 2.76.